The van der Waals surface area contributed by atoms with Crippen LogP contribution in [-0.2, 0) is 17.6 Å². The van der Waals surface area contributed by atoms with Crippen molar-refractivity contribution >= 4 is 11.9 Å². The van der Waals surface area contributed by atoms with E-state index >= 15 is 0 Å². The van der Waals surface area contributed by atoms with Crippen LogP contribution in [0.4, 0.5) is 0 Å². The first-order valence-corrected chi connectivity index (χ1v) is 7.56. The summed E-state index contributed by atoms with van der Waals surface area (Å²) in [6.07, 6.45) is 0.900. The summed E-state index contributed by atoms with van der Waals surface area (Å²) >= 11 is 0. The minimum absolute atomic E-state index is 0.00100. The molecule has 0 spiro atoms. The van der Waals surface area contributed by atoms with Crippen LogP contribution in [-0.4, -0.2) is 17.0 Å². The fourth-order valence-corrected chi connectivity index (χ4v) is 2.35. The summed E-state index contributed by atoms with van der Waals surface area (Å²) in [6, 6.07) is 14.1. The van der Waals surface area contributed by atoms with Gasteiger partial charge in [-0.1, -0.05) is 50.2 Å². The molecular formula is C19H20O4. The Hall–Kier alpha value is -2.62. The summed E-state index contributed by atoms with van der Waals surface area (Å²) in [7, 11) is 0. The quantitative estimate of drug-likeness (QED) is 0.652. The van der Waals surface area contributed by atoms with Gasteiger partial charge in [-0.25, -0.2) is 4.79 Å². The molecule has 0 aliphatic heterocycles. The van der Waals surface area contributed by atoms with Crippen molar-refractivity contribution in [3.05, 3.63) is 65.2 Å². The van der Waals surface area contributed by atoms with Gasteiger partial charge < -0.3 is 9.84 Å². The maximum Gasteiger partial charge on any atom is 0.339 e. The van der Waals surface area contributed by atoms with Crippen molar-refractivity contribution in [3.8, 4) is 5.75 Å². The van der Waals surface area contributed by atoms with Gasteiger partial charge in [-0.2, -0.15) is 0 Å². The number of carboxylic acids is 1. The third-order valence-electron chi connectivity index (χ3n) is 3.34. The van der Waals surface area contributed by atoms with E-state index in [0.29, 0.717) is 5.92 Å². The zero-order chi connectivity index (χ0) is 16.8. The maximum atomic E-state index is 12.1. The van der Waals surface area contributed by atoms with E-state index in [9.17, 15) is 14.7 Å². The second kappa shape index (κ2) is 7.58. The van der Waals surface area contributed by atoms with Gasteiger partial charge in [0.05, 0.1) is 6.42 Å². The molecule has 0 bridgehead atoms. The van der Waals surface area contributed by atoms with Gasteiger partial charge in [0.2, 0.25) is 0 Å². The number of carbonyl (C=O) groups excluding carboxylic acids is 1. The first-order valence-electron chi connectivity index (χ1n) is 7.56. The lowest BCUT2D eigenvalue weighted by molar-refractivity contribution is -0.133. The minimum Gasteiger partial charge on any atom is -0.478 e. The van der Waals surface area contributed by atoms with Crippen molar-refractivity contribution in [1.29, 1.82) is 0 Å². The molecule has 1 N–H and O–H groups in total. The zero-order valence-corrected chi connectivity index (χ0v) is 13.3. The van der Waals surface area contributed by atoms with Crippen molar-refractivity contribution in [2.75, 3.05) is 0 Å². The molecule has 4 nitrogen and oxygen atoms in total. The van der Waals surface area contributed by atoms with Gasteiger partial charge in [-0.3, -0.25) is 4.79 Å². The number of hydrogen-bond donors (Lipinski definition) is 1. The molecule has 0 aromatic heterocycles. The molecule has 0 radical (unpaired) electrons. The lowest BCUT2D eigenvalue weighted by atomic mass is 10.0. The molecule has 0 atom stereocenters. The van der Waals surface area contributed by atoms with E-state index in [1.807, 2.05) is 30.3 Å². The predicted octanol–water partition coefficient (Wildman–Crippen LogP) is 3.73. The van der Waals surface area contributed by atoms with Gasteiger partial charge in [-0.15, -0.1) is 0 Å². The molecule has 0 saturated heterocycles. The summed E-state index contributed by atoms with van der Waals surface area (Å²) in [5, 5.41) is 9.25. The van der Waals surface area contributed by atoms with Crippen LogP contribution >= 0.6 is 0 Å². The Kier molecular flexibility index (Phi) is 5.52. The van der Waals surface area contributed by atoms with E-state index in [1.54, 1.807) is 12.1 Å². The SMILES string of the molecule is CC(C)Cc1ccc(C(=O)O)c(OC(=O)Cc2ccccc2)c1. The van der Waals surface area contributed by atoms with Crippen molar-refractivity contribution < 1.29 is 19.4 Å². The van der Waals surface area contributed by atoms with E-state index < -0.39 is 11.9 Å². The molecule has 0 heterocycles. The largest absolute Gasteiger partial charge is 0.478 e. The van der Waals surface area contributed by atoms with Gasteiger partial charge in [0, 0.05) is 0 Å². The lowest BCUT2D eigenvalue weighted by Gasteiger charge is -2.11. The van der Waals surface area contributed by atoms with E-state index in [0.717, 1.165) is 17.5 Å². The van der Waals surface area contributed by atoms with Crippen LogP contribution in [0.3, 0.4) is 0 Å². The van der Waals surface area contributed by atoms with Crippen molar-refractivity contribution in [2.45, 2.75) is 26.7 Å². The summed E-state index contributed by atoms with van der Waals surface area (Å²) < 4.78 is 5.31. The van der Waals surface area contributed by atoms with Crippen molar-refractivity contribution in [2.24, 2.45) is 5.92 Å². The van der Waals surface area contributed by atoms with Crippen LogP contribution in [0.1, 0.15) is 35.3 Å². The molecule has 2 rings (SSSR count). The topological polar surface area (TPSA) is 63.6 Å². The third kappa shape index (κ3) is 4.95. The fraction of sp³-hybridized carbons (Fsp3) is 0.263. The number of hydrogen-bond acceptors (Lipinski definition) is 3. The highest BCUT2D eigenvalue weighted by molar-refractivity contribution is 5.92. The number of aromatic carboxylic acids is 1. The predicted molar refractivity (Wildman–Crippen MR) is 87.7 cm³/mol. The Bertz CT molecular complexity index is 690. The summed E-state index contributed by atoms with van der Waals surface area (Å²) in [5.74, 6) is -1.04. The molecule has 0 aliphatic carbocycles. The molecule has 2 aromatic carbocycles. The lowest BCUT2D eigenvalue weighted by Crippen LogP contribution is -2.14. The van der Waals surface area contributed by atoms with Crippen LogP contribution in [0.2, 0.25) is 0 Å². The summed E-state index contributed by atoms with van der Waals surface area (Å²) in [4.78, 5) is 23.4. The Morgan fingerprint density at radius 2 is 1.74 bits per heavy atom. The van der Waals surface area contributed by atoms with Crippen LogP contribution in [0.25, 0.3) is 0 Å². The number of benzene rings is 2. The number of carboxylic acid groups (broad SMARTS) is 1. The molecule has 0 fully saturated rings. The second-order valence-electron chi connectivity index (χ2n) is 5.87. The monoisotopic (exact) mass is 312 g/mol. The molecule has 2 aromatic rings. The molecule has 0 aliphatic rings. The average Bonchev–Trinajstić information content (AvgIpc) is 2.47. The third-order valence-corrected chi connectivity index (χ3v) is 3.34. The van der Waals surface area contributed by atoms with Gasteiger partial charge in [-0.05, 0) is 35.6 Å². The summed E-state index contributed by atoms with van der Waals surface area (Å²) in [6.45, 7) is 4.15. The highest BCUT2D eigenvalue weighted by Gasteiger charge is 2.16. The van der Waals surface area contributed by atoms with Gasteiger partial charge in [0.1, 0.15) is 11.3 Å². The number of ether oxygens (including phenoxy) is 1. The number of rotatable bonds is 6. The Labute approximate surface area is 135 Å². The highest BCUT2D eigenvalue weighted by Crippen LogP contribution is 2.23. The minimum atomic E-state index is -1.11. The van der Waals surface area contributed by atoms with E-state index in [2.05, 4.69) is 13.8 Å². The standard InChI is InChI=1S/C19H20O4/c1-13(2)10-15-8-9-16(19(21)22)17(11-15)23-18(20)12-14-6-4-3-5-7-14/h3-9,11,13H,10,12H2,1-2H3,(H,21,22). The van der Waals surface area contributed by atoms with Crippen molar-refractivity contribution in [3.63, 3.8) is 0 Å². The first-order chi connectivity index (χ1) is 11.0. The highest BCUT2D eigenvalue weighted by atomic mass is 16.5. The molecule has 23 heavy (non-hydrogen) atoms. The molecule has 0 amide bonds. The van der Waals surface area contributed by atoms with Crippen LogP contribution in [0, 0.1) is 5.92 Å². The van der Waals surface area contributed by atoms with Crippen molar-refractivity contribution in [1.82, 2.24) is 0 Å². The van der Waals surface area contributed by atoms with Gasteiger partial charge in [0.25, 0.3) is 0 Å². The Morgan fingerprint density at radius 1 is 1.04 bits per heavy atom. The zero-order valence-electron chi connectivity index (χ0n) is 13.3. The fourth-order valence-electron chi connectivity index (χ4n) is 2.35. The normalized spacial score (nSPS) is 10.6. The Morgan fingerprint density at radius 3 is 2.35 bits per heavy atom. The number of carbonyl (C=O) groups is 2. The van der Waals surface area contributed by atoms with Gasteiger partial charge >= 0.3 is 11.9 Å². The smallest absolute Gasteiger partial charge is 0.339 e. The molecule has 4 heteroatoms. The molecule has 120 valence electrons. The van der Waals surface area contributed by atoms with Crippen LogP contribution in [0.5, 0.6) is 5.75 Å². The maximum absolute atomic E-state index is 12.1. The molecular weight excluding hydrogens is 292 g/mol. The summed E-state index contributed by atoms with van der Waals surface area (Å²) in [5.41, 5.74) is 1.78. The van der Waals surface area contributed by atoms with E-state index in [4.69, 9.17) is 4.74 Å². The molecule has 0 saturated carbocycles. The van der Waals surface area contributed by atoms with E-state index in [-0.39, 0.29) is 17.7 Å². The second-order valence-corrected chi connectivity index (χ2v) is 5.87. The first kappa shape index (κ1) is 16.7. The van der Waals surface area contributed by atoms with Crippen LogP contribution in [0.15, 0.2) is 48.5 Å². The Balaban J connectivity index is 2.18. The van der Waals surface area contributed by atoms with E-state index in [1.165, 1.54) is 6.07 Å². The van der Waals surface area contributed by atoms with Crippen LogP contribution < -0.4 is 4.74 Å². The molecule has 0 unspecified atom stereocenters. The number of esters is 1. The average molecular weight is 312 g/mol. The van der Waals surface area contributed by atoms with Gasteiger partial charge in [0.15, 0.2) is 0 Å².